The molecule has 0 aliphatic rings. The van der Waals surface area contributed by atoms with Crippen molar-refractivity contribution in [2.75, 3.05) is 0 Å². The summed E-state index contributed by atoms with van der Waals surface area (Å²) in [5.74, 6) is -0.752. The fraction of sp³-hybridized carbons (Fsp3) is 0.308. The average molecular weight is 305 g/mol. The largest absolute Gasteiger partial charge is 0.532 e. The van der Waals surface area contributed by atoms with E-state index >= 15 is 0 Å². The summed E-state index contributed by atoms with van der Waals surface area (Å²) in [5, 5.41) is 0. The van der Waals surface area contributed by atoms with Gasteiger partial charge in [-0.05, 0) is 44.4 Å². The van der Waals surface area contributed by atoms with Gasteiger partial charge >= 0.3 is 6.18 Å². The number of halogens is 4. The molecule has 0 amide bonds. The Morgan fingerprint density at radius 1 is 1.30 bits per heavy atom. The van der Waals surface area contributed by atoms with E-state index < -0.39 is 25.9 Å². The molecule has 1 aromatic carbocycles. The predicted octanol–water partition coefficient (Wildman–Crippen LogP) is 4.59. The van der Waals surface area contributed by atoms with Crippen molar-refractivity contribution < 1.29 is 22.0 Å². The van der Waals surface area contributed by atoms with Gasteiger partial charge in [-0.15, -0.1) is 0 Å². The van der Waals surface area contributed by atoms with E-state index in [1.807, 2.05) is 19.6 Å². The third-order valence-corrected chi connectivity index (χ3v) is 2.94. The Bertz CT molecular complexity index is 532. The molecule has 0 saturated heterocycles. The summed E-state index contributed by atoms with van der Waals surface area (Å²) in [4.78, 5) is 3.72. The normalized spacial score (nSPS) is 12.8. The van der Waals surface area contributed by atoms with Gasteiger partial charge in [-0.2, -0.15) is 13.2 Å². The Morgan fingerprint density at radius 3 is 2.40 bits per heavy atom. The van der Waals surface area contributed by atoms with Crippen LogP contribution in [0.25, 0.3) is 0 Å². The first kappa shape index (κ1) is 16.4. The average Bonchev–Trinajstić information content (AvgIpc) is 2.22. The molecule has 1 rings (SSSR count). The van der Waals surface area contributed by atoms with Gasteiger partial charge in [0.25, 0.3) is 0 Å². The third-order valence-electron chi connectivity index (χ3n) is 2.09. The minimum atomic E-state index is -4.57. The smallest absolute Gasteiger partial charge is 0.417 e. The highest BCUT2D eigenvalue weighted by Gasteiger charge is 2.33. The maximum absolute atomic E-state index is 13.1. The highest BCUT2D eigenvalue weighted by Crippen LogP contribution is 2.31. The molecule has 0 aromatic heterocycles. The molecule has 0 saturated carbocycles. The Kier molecular flexibility index (Phi) is 4.75. The van der Waals surface area contributed by atoms with Gasteiger partial charge in [-0.25, -0.2) is 9.38 Å². The van der Waals surface area contributed by atoms with E-state index in [-0.39, 0.29) is 11.4 Å². The molecule has 0 atom stereocenters. The van der Waals surface area contributed by atoms with Crippen molar-refractivity contribution in [2.24, 2.45) is 4.99 Å². The molecule has 2 nitrogen and oxygen atoms in total. The first-order valence-electron chi connectivity index (χ1n) is 5.78. The van der Waals surface area contributed by atoms with Gasteiger partial charge in [0.2, 0.25) is 8.32 Å². The van der Waals surface area contributed by atoms with Crippen molar-refractivity contribution in [1.82, 2.24) is 0 Å². The summed E-state index contributed by atoms with van der Waals surface area (Å²) in [6.45, 7) is 9.17. The van der Waals surface area contributed by atoms with Crippen molar-refractivity contribution in [2.45, 2.75) is 25.8 Å². The van der Waals surface area contributed by atoms with E-state index in [2.05, 4.69) is 11.6 Å². The predicted molar refractivity (Wildman–Crippen MR) is 72.6 cm³/mol. The number of benzene rings is 1. The second-order valence-corrected chi connectivity index (χ2v) is 9.52. The van der Waals surface area contributed by atoms with Crippen molar-refractivity contribution in [1.29, 1.82) is 0 Å². The maximum Gasteiger partial charge on any atom is 0.417 e. The Morgan fingerprint density at radius 2 is 1.90 bits per heavy atom. The molecule has 110 valence electrons. The van der Waals surface area contributed by atoms with Crippen LogP contribution in [0.3, 0.4) is 0 Å². The van der Waals surface area contributed by atoms with Gasteiger partial charge < -0.3 is 4.43 Å². The zero-order valence-electron chi connectivity index (χ0n) is 11.4. The number of hydrogen-bond donors (Lipinski definition) is 0. The lowest BCUT2D eigenvalue weighted by atomic mass is 10.1. The molecular weight excluding hydrogens is 290 g/mol. The van der Waals surface area contributed by atoms with Crippen LogP contribution in [0.1, 0.15) is 11.1 Å². The molecule has 20 heavy (non-hydrogen) atoms. The van der Waals surface area contributed by atoms with Crippen LogP contribution in [-0.4, -0.2) is 14.5 Å². The molecule has 0 unspecified atom stereocenters. The van der Waals surface area contributed by atoms with Crippen LogP contribution in [0.4, 0.5) is 17.6 Å². The van der Waals surface area contributed by atoms with E-state index in [4.69, 9.17) is 4.43 Å². The standard InChI is InChI=1S/C13H15F4NOSi/c1-9(19-20(2,3)4)18-8-10-7-11(14)5-6-12(10)13(15,16)17/h5-8H,1H2,2-4H3/b18-8+. The highest BCUT2D eigenvalue weighted by molar-refractivity contribution is 6.70. The Labute approximate surface area is 115 Å². The van der Waals surface area contributed by atoms with Gasteiger partial charge in [-0.1, -0.05) is 0 Å². The minimum absolute atomic E-state index is 0.0153. The molecule has 0 aliphatic heterocycles. The molecule has 0 spiro atoms. The zero-order chi connectivity index (χ0) is 15.6. The van der Waals surface area contributed by atoms with Gasteiger partial charge in [-0.3, -0.25) is 0 Å². The van der Waals surface area contributed by atoms with Crippen LogP contribution < -0.4 is 0 Å². The van der Waals surface area contributed by atoms with E-state index in [0.29, 0.717) is 6.07 Å². The molecule has 0 bridgehead atoms. The molecule has 0 heterocycles. The molecule has 0 aliphatic carbocycles. The fourth-order valence-corrected chi connectivity index (χ4v) is 2.18. The van der Waals surface area contributed by atoms with Crippen molar-refractivity contribution >= 4 is 14.5 Å². The highest BCUT2D eigenvalue weighted by atomic mass is 28.4. The lowest BCUT2D eigenvalue weighted by Gasteiger charge is -2.18. The summed E-state index contributed by atoms with van der Waals surface area (Å²) in [6.07, 6.45) is -3.66. The van der Waals surface area contributed by atoms with Crippen LogP contribution in [0.2, 0.25) is 19.6 Å². The van der Waals surface area contributed by atoms with E-state index in [1.54, 1.807) is 0 Å². The first-order chi connectivity index (χ1) is 8.99. The van der Waals surface area contributed by atoms with Crippen LogP contribution in [0.15, 0.2) is 35.7 Å². The van der Waals surface area contributed by atoms with Gasteiger partial charge in [0, 0.05) is 11.8 Å². The van der Waals surface area contributed by atoms with E-state index in [1.165, 1.54) is 0 Å². The summed E-state index contributed by atoms with van der Waals surface area (Å²) in [5.41, 5.74) is -1.32. The zero-order valence-corrected chi connectivity index (χ0v) is 12.4. The van der Waals surface area contributed by atoms with Crippen molar-refractivity contribution in [3.63, 3.8) is 0 Å². The number of alkyl halides is 3. The number of nitrogens with zero attached hydrogens (tertiary/aromatic N) is 1. The van der Waals surface area contributed by atoms with Gasteiger partial charge in [0.15, 0.2) is 5.88 Å². The molecule has 0 radical (unpaired) electrons. The Balaban J connectivity index is 3.03. The lowest BCUT2D eigenvalue weighted by molar-refractivity contribution is -0.137. The van der Waals surface area contributed by atoms with Gasteiger partial charge in [0.1, 0.15) is 5.82 Å². The van der Waals surface area contributed by atoms with Crippen LogP contribution in [-0.2, 0) is 10.6 Å². The van der Waals surface area contributed by atoms with Gasteiger partial charge in [0.05, 0.1) is 5.56 Å². The lowest BCUT2D eigenvalue weighted by Crippen LogP contribution is -2.24. The number of rotatable bonds is 4. The molecule has 1 aromatic rings. The molecular formula is C13H15F4NOSi. The summed E-state index contributed by atoms with van der Waals surface area (Å²) < 4.78 is 56.7. The van der Waals surface area contributed by atoms with E-state index in [9.17, 15) is 17.6 Å². The van der Waals surface area contributed by atoms with Crippen molar-refractivity contribution in [3.05, 3.63) is 47.6 Å². The van der Waals surface area contributed by atoms with Crippen LogP contribution in [0.5, 0.6) is 0 Å². The summed E-state index contributed by atoms with van der Waals surface area (Å²) >= 11 is 0. The molecule has 0 fully saturated rings. The van der Waals surface area contributed by atoms with Crippen molar-refractivity contribution in [3.8, 4) is 0 Å². The monoisotopic (exact) mass is 305 g/mol. The number of hydrogen-bond acceptors (Lipinski definition) is 2. The summed E-state index contributed by atoms with van der Waals surface area (Å²) in [7, 11) is -1.93. The SMILES string of the molecule is C=C(/N=C/c1cc(F)ccc1C(F)(F)F)O[Si](C)(C)C. The topological polar surface area (TPSA) is 21.6 Å². The quantitative estimate of drug-likeness (QED) is 0.345. The second kappa shape index (κ2) is 5.78. The molecule has 0 N–H and O–H groups in total. The third kappa shape index (κ3) is 5.16. The van der Waals surface area contributed by atoms with Crippen LogP contribution >= 0.6 is 0 Å². The Hall–Kier alpha value is -1.63. The second-order valence-electron chi connectivity index (χ2n) is 5.10. The van der Waals surface area contributed by atoms with Crippen LogP contribution in [0, 0.1) is 5.82 Å². The minimum Gasteiger partial charge on any atom is -0.532 e. The fourth-order valence-electron chi connectivity index (χ4n) is 1.42. The maximum atomic E-state index is 13.1. The van der Waals surface area contributed by atoms with E-state index in [0.717, 1.165) is 18.3 Å². The molecule has 7 heteroatoms. The first-order valence-corrected chi connectivity index (χ1v) is 9.18. The summed E-state index contributed by atoms with van der Waals surface area (Å²) in [6, 6.07) is 2.21. The number of aliphatic imine (C=N–C) groups is 1.